The Morgan fingerprint density at radius 1 is 0.476 bits per heavy atom. The van der Waals surface area contributed by atoms with E-state index < -0.39 is 0 Å². The Labute approximate surface area is 254 Å². The van der Waals surface area contributed by atoms with Crippen LogP contribution in [0.2, 0.25) is 0 Å². The van der Waals surface area contributed by atoms with E-state index in [4.69, 9.17) is 0 Å². The lowest BCUT2D eigenvalue weighted by Crippen LogP contribution is -2.51. The van der Waals surface area contributed by atoms with Crippen LogP contribution >= 0.6 is 22.7 Å². The van der Waals surface area contributed by atoms with E-state index in [9.17, 15) is 0 Å². The van der Waals surface area contributed by atoms with Gasteiger partial charge in [0.1, 0.15) is 0 Å². The third kappa shape index (κ3) is 3.34. The number of benzene rings is 5. The summed E-state index contributed by atoms with van der Waals surface area (Å²) in [7, 11) is 0. The van der Waals surface area contributed by atoms with Gasteiger partial charge in [-0.3, -0.25) is 0 Å². The molecule has 2 aliphatic heterocycles. The van der Waals surface area contributed by atoms with Crippen molar-refractivity contribution in [1.29, 1.82) is 0 Å². The Kier molecular flexibility index (Phi) is 5.29. The van der Waals surface area contributed by atoms with Crippen LogP contribution in [0, 0.1) is 13.8 Å². The van der Waals surface area contributed by atoms with E-state index in [1.807, 2.05) is 22.7 Å². The molecule has 42 heavy (non-hydrogen) atoms. The minimum absolute atomic E-state index is 0.106. The van der Waals surface area contributed by atoms with E-state index in [0.717, 1.165) is 0 Å². The second kappa shape index (κ2) is 9.12. The summed E-state index contributed by atoms with van der Waals surface area (Å²) in [6, 6.07) is 39.5. The molecule has 2 aliphatic rings. The Balaban J connectivity index is 1.40. The minimum atomic E-state index is 0.106. The maximum absolute atomic E-state index is 3.93. The first-order valence-electron chi connectivity index (χ1n) is 14.5. The molecule has 7 aromatic rings. The molecule has 0 unspecified atom stereocenters. The fraction of sp³-hybridized carbons (Fsp3) is 0.0556. The monoisotopic (exact) mass is 572 g/mol. The highest BCUT2D eigenvalue weighted by Crippen LogP contribution is 2.47. The number of nitrogens with one attached hydrogen (secondary N) is 2. The van der Waals surface area contributed by atoms with Crippen molar-refractivity contribution in [3.8, 4) is 20.9 Å². The summed E-state index contributed by atoms with van der Waals surface area (Å²) in [6.07, 6.45) is 0. The van der Waals surface area contributed by atoms with E-state index in [-0.39, 0.29) is 13.7 Å². The van der Waals surface area contributed by atoms with E-state index in [1.54, 1.807) is 0 Å². The van der Waals surface area contributed by atoms with Crippen molar-refractivity contribution in [3.05, 3.63) is 120 Å². The molecule has 0 saturated heterocycles. The number of fused-ring (bicyclic) bond motifs is 10. The first-order valence-corrected chi connectivity index (χ1v) is 16.2. The molecule has 6 heteroatoms. The van der Waals surface area contributed by atoms with Gasteiger partial charge in [0.15, 0.2) is 0 Å². The fourth-order valence-corrected chi connectivity index (χ4v) is 10.1. The molecule has 0 amide bonds. The molecular formula is C36H26B2N2S2. The molecule has 5 aromatic carbocycles. The lowest BCUT2D eigenvalue weighted by Gasteiger charge is -2.26. The van der Waals surface area contributed by atoms with Crippen molar-refractivity contribution in [2.45, 2.75) is 13.8 Å². The summed E-state index contributed by atoms with van der Waals surface area (Å²) in [5, 5.41) is 10.7. The topological polar surface area (TPSA) is 24.1 Å². The highest BCUT2D eigenvalue weighted by atomic mass is 32.1. The second-order valence-electron chi connectivity index (χ2n) is 11.4. The zero-order chi connectivity index (χ0) is 27.9. The van der Waals surface area contributed by atoms with Crippen LogP contribution in [0.1, 0.15) is 11.1 Å². The molecule has 2 aromatic heterocycles. The molecule has 0 radical (unpaired) electrons. The summed E-state index contributed by atoms with van der Waals surface area (Å²) in [6.45, 7) is 4.93. The summed E-state index contributed by atoms with van der Waals surface area (Å²) in [5.41, 5.74) is 13.3. The van der Waals surface area contributed by atoms with Crippen LogP contribution in [-0.2, 0) is 0 Å². The van der Waals surface area contributed by atoms with Gasteiger partial charge in [-0.25, -0.2) is 0 Å². The smallest absolute Gasteiger partial charge is 0.323 e. The number of rotatable bonds is 2. The van der Waals surface area contributed by atoms with Crippen molar-refractivity contribution in [3.63, 3.8) is 0 Å². The third-order valence-electron chi connectivity index (χ3n) is 9.11. The number of thiophene rings is 2. The maximum atomic E-state index is 3.93. The number of hydrogen-bond acceptors (Lipinski definition) is 4. The van der Waals surface area contributed by atoms with Crippen LogP contribution < -0.4 is 32.3 Å². The Morgan fingerprint density at radius 2 is 0.857 bits per heavy atom. The van der Waals surface area contributed by atoms with Gasteiger partial charge in [-0.2, -0.15) is 0 Å². The number of aryl methyl sites for hydroxylation is 2. The number of anilines is 2. The Bertz CT molecular complexity index is 2030. The van der Waals surface area contributed by atoms with Gasteiger partial charge in [0.05, 0.1) is 0 Å². The van der Waals surface area contributed by atoms with Gasteiger partial charge in [0, 0.05) is 41.7 Å². The molecule has 2 N–H and O–H groups in total. The van der Waals surface area contributed by atoms with Crippen molar-refractivity contribution in [1.82, 2.24) is 0 Å². The molecule has 4 heterocycles. The Hall–Kier alpha value is -4.25. The van der Waals surface area contributed by atoms with Gasteiger partial charge < -0.3 is 10.5 Å². The average Bonchev–Trinajstić information content (AvgIpc) is 3.65. The lowest BCUT2D eigenvalue weighted by atomic mass is 9.47. The molecule has 0 saturated carbocycles. The van der Waals surface area contributed by atoms with Crippen molar-refractivity contribution in [2.24, 2.45) is 0 Å². The van der Waals surface area contributed by atoms with Crippen molar-refractivity contribution < 1.29 is 0 Å². The third-order valence-corrected chi connectivity index (χ3v) is 11.8. The van der Waals surface area contributed by atoms with Gasteiger partial charge in [-0.15, -0.1) is 22.7 Å². The zero-order valence-corrected chi connectivity index (χ0v) is 25.0. The van der Waals surface area contributed by atoms with Crippen molar-refractivity contribution >= 4 is 89.8 Å². The van der Waals surface area contributed by atoms with Gasteiger partial charge in [-0.05, 0) is 58.8 Å². The summed E-state index contributed by atoms with van der Waals surface area (Å²) in [5.74, 6) is 0. The summed E-state index contributed by atoms with van der Waals surface area (Å²) >= 11 is 3.95. The second-order valence-corrected chi connectivity index (χ2v) is 13.5. The van der Waals surface area contributed by atoms with Crippen LogP contribution in [0.25, 0.3) is 41.1 Å². The minimum Gasteiger partial charge on any atom is -0.420 e. The lowest BCUT2D eigenvalue weighted by molar-refractivity contribution is 1.58. The highest BCUT2D eigenvalue weighted by Gasteiger charge is 2.38. The normalized spacial score (nSPS) is 13.3. The van der Waals surface area contributed by atoms with Crippen molar-refractivity contribution in [2.75, 3.05) is 10.5 Å². The predicted octanol–water partition coefficient (Wildman–Crippen LogP) is 7.13. The first-order chi connectivity index (χ1) is 20.7. The maximum Gasteiger partial charge on any atom is 0.323 e. The molecule has 0 bridgehead atoms. The van der Waals surface area contributed by atoms with Crippen LogP contribution in [0.5, 0.6) is 0 Å². The van der Waals surface area contributed by atoms with E-state index in [0.29, 0.717) is 0 Å². The number of hydrogen-bond donors (Lipinski definition) is 2. The average molecular weight is 572 g/mol. The molecule has 198 valence electrons. The largest absolute Gasteiger partial charge is 0.420 e. The molecule has 0 fully saturated rings. The van der Waals surface area contributed by atoms with Gasteiger partial charge >= 0.3 is 13.7 Å². The van der Waals surface area contributed by atoms with Crippen LogP contribution in [0.3, 0.4) is 0 Å². The quantitative estimate of drug-likeness (QED) is 0.216. The molecule has 0 atom stereocenters. The van der Waals surface area contributed by atoms with E-state index in [1.165, 1.54) is 85.4 Å². The molecular weight excluding hydrogens is 546 g/mol. The van der Waals surface area contributed by atoms with Gasteiger partial charge in [-0.1, -0.05) is 108 Å². The SMILES string of the molecule is Cc1c2sc3c(c2c(C)c2sc4c(c12)B(c1ccccc1)Nc1ccccc1-4)B(c1ccccc1)Nc1ccccc1-3. The molecule has 9 rings (SSSR count). The fourth-order valence-electron chi connectivity index (χ4n) is 7.20. The van der Waals surface area contributed by atoms with Crippen LogP contribution in [-0.4, -0.2) is 13.7 Å². The standard InChI is InChI=1S/C36H26B2N2S2/c1-21-29-31-35(25-17-9-11-19-27(25)39-37(31)23-13-5-3-6-14-23)42-34(29)22(2)30-32-36(41-33(21)30)26-18-10-12-20-28(26)40-38(32)24-15-7-4-8-16-24/h3-20,39-40H,1-2H3. The van der Waals surface area contributed by atoms with Crippen LogP contribution in [0.15, 0.2) is 109 Å². The van der Waals surface area contributed by atoms with E-state index >= 15 is 0 Å². The Morgan fingerprint density at radius 3 is 1.29 bits per heavy atom. The molecule has 0 spiro atoms. The van der Waals surface area contributed by atoms with Crippen LogP contribution in [0.4, 0.5) is 11.4 Å². The summed E-state index contributed by atoms with van der Waals surface area (Å²) in [4.78, 5) is 2.79. The van der Waals surface area contributed by atoms with Gasteiger partial charge in [0.2, 0.25) is 0 Å². The molecule has 0 aliphatic carbocycles. The number of para-hydroxylation sites is 2. The zero-order valence-electron chi connectivity index (χ0n) is 23.4. The first kappa shape index (κ1) is 24.4. The van der Waals surface area contributed by atoms with Gasteiger partial charge in [0.25, 0.3) is 0 Å². The highest BCUT2D eigenvalue weighted by molar-refractivity contribution is 7.27. The predicted molar refractivity (Wildman–Crippen MR) is 188 cm³/mol. The molecule has 2 nitrogen and oxygen atoms in total. The van der Waals surface area contributed by atoms with E-state index in [2.05, 4.69) is 133 Å². The summed E-state index contributed by atoms with van der Waals surface area (Å²) < 4.78 is 2.83.